The van der Waals surface area contributed by atoms with Crippen molar-refractivity contribution in [3.8, 4) is 0 Å². The molecule has 0 fully saturated rings. The number of thioether (sulfide) groups is 1. The minimum absolute atomic E-state index is 0.00442. The number of anilines is 2. The van der Waals surface area contributed by atoms with E-state index in [0.29, 0.717) is 11.0 Å². The van der Waals surface area contributed by atoms with Gasteiger partial charge >= 0.3 is 0 Å². The van der Waals surface area contributed by atoms with E-state index in [9.17, 15) is 0 Å². The molecular weight excluding hydrogens is 226 g/mol. The summed E-state index contributed by atoms with van der Waals surface area (Å²) in [6.45, 7) is 1.98. The maximum atomic E-state index is 9.09. The van der Waals surface area contributed by atoms with Crippen molar-refractivity contribution in [2.75, 3.05) is 30.2 Å². The Morgan fingerprint density at radius 2 is 2.31 bits per heavy atom. The van der Waals surface area contributed by atoms with Gasteiger partial charge in [0, 0.05) is 13.1 Å². The number of hydrazine groups is 1. The van der Waals surface area contributed by atoms with Gasteiger partial charge in [-0.05, 0) is 13.2 Å². The first kappa shape index (κ1) is 13.0. The van der Waals surface area contributed by atoms with Gasteiger partial charge in [-0.1, -0.05) is 11.8 Å². The zero-order valence-corrected chi connectivity index (χ0v) is 10.5. The van der Waals surface area contributed by atoms with Crippen LogP contribution in [0.15, 0.2) is 11.2 Å². The van der Waals surface area contributed by atoms with Crippen molar-refractivity contribution in [1.82, 2.24) is 9.97 Å². The molecule has 1 aromatic heterocycles. The van der Waals surface area contributed by atoms with Crippen LogP contribution in [0.25, 0.3) is 0 Å². The first-order valence-electron chi connectivity index (χ1n) is 4.85. The molecule has 16 heavy (non-hydrogen) atoms. The van der Waals surface area contributed by atoms with Crippen LogP contribution < -0.4 is 16.2 Å². The molecule has 0 aliphatic rings. The molecule has 0 spiro atoms. The van der Waals surface area contributed by atoms with Gasteiger partial charge in [-0.15, -0.1) is 0 Å². The minimum atomic E-state index is -0.00442. The van der Waals surface area contributed by atoms with E-state index in [-0.39, 0.29) is 12.6 Å². The number of rotatable bonds is 5. The van der Waals surface area contributed by atoms with Gasteiger partial charge in [0.05, 0.1) is 12.6 Å². The smallest absolute Gasteiger partial charge is 0.191 e. The van der Waals surface area contributed by atoms with Crippen LogP contribution in [0.5, 0.6) is 0 Å². The number of aliphatic hydroxyl groups excluding tert-OH is 1. The molecule has 4 N–H and O–H groups in total. The number of likely N-dealkylation sites (N-methyl/N-ethyl adjacent to an activating group) is 1. The predicted molar refractivity (Wildman–Crippen MR) is 66.6 cm³/mol. The maximum absolute atomic E-state index is 9.09. The number of nitrogens with zero attached hydrogens (tertiary/aromatic N) is 3. The first-order chi connectivity index (χ1) is 7.62. The van der Waals surface area contributed by atoms with E-state index < -0.39 is 0 Å². The van der Waals surface area contributed by atoms with Crippen molar-refractivity contribution in [1.29, 1.82) is 0 Å². The van der Waals surface area contributed by atoms with Gasteiger partial charge < -0.3 is 15.4 Å². The summed E-state index contributed by atoms with van der Waals surface area (Å²) in [6.07, 6.45) is 1.90. The van der Waals surface area contributed by atoms with Gasteiger partial charge in [0.1, 0.15) is 11.6 Å². The van der Waals surface area contributed by atoms with Crippen molar-refractivity contribution in [3.05, 3.63) is 6.07 Å². The largest absolute Gasteiger partial charge is 0.394 e. The third kappa shape index (κ3) is 2.97. The van der Waals surface area contributed by atoms with E-state index in [1.807, 2.05) is 25.1 Å². The summed E-state index contributed by atoms with van der Waals surface area (Å²) in [7, 11) is 1.87. The molecule has 0 bridgehead atoms. The molecule has 1 unspecified atom stereocenters. The third-order valence-electron chi connectivity index (χ3n) is 2.31. The highest BCUT2D eigenvalue weighted by atomic mass is 32.2. The lowest BCUT2D eigenvalue weighted by atomic mass is 10.3. The van der Waals surface area contributed by atoms with E-state index in [0.717, 1.165) is 5.82 Å². The highest BCUT2D eigenvalue weighted by Crippen LogP contribution is 2.20. The van der Waals surface area contributed by atoms with E-state index in [2.05, 4.69) is 15.4 Å². The molecule has 90 valence electrons. The molecule has 0 aliphatic carbocycles. The molecule has 1 heterocycles. The van der Waals surface area contributed by atoms with Gasteiger partial charge in [-0.2, -0.15) is 0 Å². The normalized spacial score (nSPS) is 12.3. The van der Waals surface area contributed by atoms with Crippen LogP contribution >= 0.6 is 11.8 Å². The molecule has 7 heteroatoms. The van der Waals surface area contributed by atoms with Crippen LogP contribution in [0.2, 0.25) is 0 Å². The van der Waals surface area contributed by atoms with E-state index in [4.69, 9.17) is 10.9 Å². The Kier molecular flexibility index (Phi) is 4.78. The molecule has 0 amide bonds. The fraction of sp³-hybridized carbons (Fsp3) is 0.556. The lowest BCUT2D eigenvalue weighted by Crippen LogP contribution is -2.32. The fourth-order valence-electron chi connectivity index (χ4n) is 1.11. The third-order valence-corrected chi connectivity index (χ3v) is 2.86. The summed E-state index contributed by atoms with van der Waals surface area (Å²) in [6, 6.07) is 1.74. The summed E-state index contributed by atoms with van der Waals surface area (Å²) in [4.78, 5) is 10.4. The van der Waals surface area contributed by atoms with Crippen molar-refractivity contribution in [2.45, 2.75) is 18.1 Å². The van der Waals surface area contributed by atoms with Crippen LogP contribution in [-0.2, 0) is 0 Å². The van der Waals surface area contributed by atoms with Crippen LogP contribution in [0.1, 0.15) is 6.92 Å². The standard InChI is InChI=1S/C9H17N5OS/c1-6(5-15)14(2)8-4-7(13-10)11-9(12-8)16-3/h4,6,15H,5,10H2,1-3H3,(H,11,12,13). The Morgan fingerprint density at radius 3 is 2.81 bits per heavy atom. The Bertz CT molecular complexity index is 326. The number of nitrogens with two attached hydrogens (primary N) is 1. The van der Waals surface area contributed by atoms with Gasteiger partial charge in [-0.3, -0.25) is 0 Å². The van der Waals surface area contributed by atoms with Gasteiger partial charge in [-0.25, -0.2) is 15.8 Å². The number of nitrogen functional groups attached to an aromatic ring is 1. The van der Waals surface area contributed by atoms with E-state index in [1.165, 1.54) is 11.8 Å². The summed E-state index contributed by atoms with van der Waals surface area (Å²) in [5.41, 5.74) is 2.50. The summed E-state index contributed by atoms with van der Waals surface area (Å²) in [5.74, 6) is 6.63. The zero-order chi connectivity index (χ0) is 12.1. The monoisotopic (exact) mass is 243 g/mol. The van der Waals surface area contributed by atoms with Gasteiger partial charge in [0.2, 0.25) is 0 Å². The summed E-state index contributed by atoms with van der Waals surface area (Å²) < 4.78 is 0. The number of aromatic nitrogens is 2. The molecule has 1 atom stereocenters. The van der Waals surface area contributed by atoms with E-state index >= 15 is 0 Å². The van der Waals surface area contributed by atoms with Gasteiger partial charge in [0.15, 0.2) is 5.16 Å². The second-order valence-electron chi connectivity index (χ2n) is 3.38. The number of nitrogens with one attached hydrogen (secondary N) is 1. The molecule has 0 aromatic carbocycles. The van der Waals surface area contributed by atoms with Crippen LogP contribution in [0.3, 0.4) is 0 Å². The predicted octanol–water partition coefficient (Wildman–Crippen LogP) is 0.301. The Balaban J connectivity index is 3.02. The Morgan fingerprint density at radius 1 is 1.62 bits per heavy atom. The zero-order valence-electron chi connectivity index (χ0n) is 9.64. The average molecular weight is 243 g/mol. The second kappa shape index (κ2) is 5.88. The second-order valence-corrected chi connectivity index (χ2v) is 4.16. The highest BCUT2D eigenvalue weighted by Gasteiger charge is 2.12. The first-order valence-corrected chi connectivity index (χ1v) is 6.08. The van der Waals surface area contributed by atoms with Gasteiger partial charge in [0.25, 0.3) is 0 Å². The summed E-state index contributed by atoms with van der Waals surface area (Å²) in [5, 5.41) is 9.73. The number of hydrogen-bond donors (Lipinski definition) is 3. The number of aliphatic hydroxyl groups is 1. The Hall–Kier alpha value is -1.05. The summed E-state index contributed by atoms with van der Waals surface area (Å²) >= 11 is 1.44. The molecule has 1 rings (SSSR count). The highest BCUT2D eigenvalue weighted by molar-refractivity contribution is 7.98. The molecule has 0 saturated carbocycles. The molecule has 0 saturated heterocycles. The molecule has 0 aliphatic heterocycles. The molecule has 6 nitrogen and oxygen atoms in total. The van der Waals surface area contributed by atoms with Crippen molar-refractivity contribution in [3.63, 3.8) is 0 Å². The van der Waals surface area contributed by atoms with Crippen molar-refractivity contribution < 1.29 is 5.11 Å². The molecule has 1 aromatic rings. The average Bonchev–Trinajstić information content (AvgIpc) is 2.35. The topological polar surface area (TPSA) is 87.3 Å². The lowest BCUT2D eigenvalue weighted by Gasteiger charge is -2.24. The van der Waals surface area contributed by atoms with Crippen molar-refractivity contribution in [2.24, 2.45) is 5.84 Å². The molecule has 0 radical (unpaired) electrons. The van der Waals surface area contributed by atoms with Crippen LogP contribution in [0, 0.1) is 0 Å². The maximum Gasteiger partial charge on any atom is 0.191 e. The van der Waals surface area contributed by atoms with Crippen LogP contribution in [0.4, 0.5) is 11.6 Å². The lowest BCUT2D eigenvalue weighted by molar-refractivity contribution is 0.269. The van der Waals surface area contributed by atoms with Crippen molar-refractivity contribution >= 4 is 23.4 Å². The minimum Gasteiger partial charge on any atom is -0.394 e. The van der Waals surface area contributed by atoms with Crippen LogP contribution in [-0.4, -0.2) is 41.0 Å². The molecular formula is C9H17N5OS. The number of hydrogen-bond acceptors (Lipinski definition) is 7. The quantitative estimate of drug-likeness (QED) is 0.297. The Labute approximate surface area is 99.2 Å². The van der Waals surface area contributed by atoms with E-state index in [1.54, 1.807) is 6.07 Å². The fourth-order valence-corrected chi connectivity index (χ4v) is 1.48. The SMILES string of the molecule is CSc1nc(NN)cc(N(C)C(C)CO)n1.